The molecule has 0 aliphatic heterocycles. The van der Waals surface area contributed by atoms with Crippen LogP contribution in [0.3, 0.4) is 0 Å². The molecule has 2 nitrogen and oxygen atoms in total. The highest BCUT2D eigenvalue weighted by molar-refractivity contribution is 5.52. The number of nitrogens with two attached hydrogens (primary N) is 1. The van der Waals surface area contributed by atoms with E-state index in [0.717, 1.165) is 18.4 Å². The predicted octanol–water partition coefficient (Wildman–Crippen LogP) is 2.35. The summed E-state index contributed by atoms with van der Waals surface area (Å²) in [5.41, 5.74) is 7.54. The van der Waals surface area contributed by atoms with E-state index in [1.165, 1.54) is 5.56 Å². The van der Waals surface area contributed by atoms with E-state index in [1.807, 2.05) is 24.3 Å². The van der Waals surface area contributed by atoms with Crippen LogP contribution >= 0.6 is 0 Å². The minimum Gasteiger partial charge on any atom is -0.399 e. The van der Waals surface area contributed by atoms with Gasteiger partial charge >= 0.3 is 0 Å². The maximum atomic E-state index is 10.4. The highest BCUT2D eigenvalue weighted by Gasteiger charge is 2.07. The molecule has 0 spiro atoms. The van der Waals surface area contributed by atoms with E-state index >= 15 is 0 Å². The molecule has 0 aliphatic rings. The van der Waals surface area contributed by atoms with Gasteiger partial charge in [-0.3, -0.25) is 0 Å². The molecule has 0 saturated carbocycles. The maximum Gasteiger partial charge on any atom is 0.120 e. The average molecular weight is 177 g/mol. The lowest BCUT2D eigenvalue weighted by molar-refractivity contribution is -0.108. The molecular formula is C11H15NO. The summed E-state index contributed by atoms with van der Waals surface area (Å²) in [6.45, 7) is 2.09. The summed E-state index contributed by atoms with van der Waals surface area (Å²) < 4.78 is 0. The summed E-state index contributed by atoms with van der Waals surface area (Å²) in [6, 6.07) is 7.74. The largest absolute Gasteiger partial charge is 0.399 e. The van der Waals surface area contributed by atoms with Gasteiger partial charge < -0.3 is 10.5 Å². The lowest BCUT2D eigenvalue weighted by Gasteiger charge is -2.11. The van der Waals surface area contributed by atoms with E-state index in [9.17, 15) is 4.79 Å². The Morgan fingerprint density at radius 2 is 2.00 bits per heavy atom. The Morgan fingerprint density at radius 3 is 2.46 bits per heavy atom. The lowest BCUT2D eigenvalue weighted by Crippen LogP contribution is -1.98. The fourth-order valence-corrected chi connectivity index (χ4v) is 1.42. The van der Waals surface area contributed by atoms with E-state index in [2.05, 4.69) is 6.92 Å². The Kier molecular flexibility index (Phi) is 3.50. The van der Waals surface area contributed by atoms with Gasteiger partial charge in [0.2, 0.25) is 0 Å². The molecule has 0 aromatic heterocycles. The van der Waals surface area contributed by atoms with Crippen molar-refractivity contribution in [1.82, 2.24) is 0 Å². The van der Waals surface area contributed by atoms with Crippen molar-refractivity contribution in [3.63, 3.8) is 0 Å². The van der Waals surface area contributed by atoms with Crippen molar-refractivity contribution in [3.05, 3.63) is 29.8 Å². The second-order valence-electron chi connectivity index (χ2n) is 3.17. The second-order valence-corrected chi connectivity index (χ2v) is 3.17. The predicted molar refractivity (Wildman–Crippen MR) is 54.6 cm³/mol. The summed E-state index contributed by atoms with van der Waals surface area (Å²) in [5, 5.41) is 0. The molecule has 1 aromatic rings. The zero-order valence-corrected chi connectivity index (χ0v) is 7.86. The number of benzene rings is 1. The van der Waals surface area contributed by atoms with Crippen LogP contribution in [-0.4, -0.2) is 6.29 Å². The Balaban J connectivity index is 2.78. The van der Waals surface area contributed by atoms with Gasteiger partial charge in [0, 0.05) is 12.1 Å². The van der Waals surface area contributed by atoms with Crippen molar-refractivity contribution in [2.75, 3.05) is 5.73 Å². The summed E-state index contributed by atoms with van der Waals surface area (Å²) in [6.07, 6.45) is 2.56. The Hall–Kier alpha value is -1.31. The fourth-order valence-electron chi connectivity index (χ4n) is 1.42. The van der Waals surface area contributed by atoms with Gasteiger partial charge in [0.15, 0.2) is 0 Å². The summed E-state index contributed by atoms with van der Waals surface area (Å²) in [4.78, 5) is 10.4. The zero-order valence-electron chi connectivity index (χ0n) is 7.86. The summed E-state index contributed by atoms with van der Waals surface area (Å²) in [7, 11) is 0. The Bertz CT molecular complexity index is 266. The van der Waals surface area contributed by atoms with E-state index in [4.69, 9.17) is 5.73 Å². The Labute approximate surface area is 78.8 Å². The van der Waals surface area contributed by atoms with Gasteiger partial charge in [0.05, 0.1) is 0 Å². The van der Waals surface area contributed by atoms with Crippen molar-refractivity contribution >= 4 is 12.0 Å². The van der Waals surface area contributed by atoms with Crippen LogP contribution in [-0.2, 0) is 4.79 Å². The topological polar surface area (TPSA) is 43.1 Å². The number of carbonyl (C=O) groups is 1. The Morgan fingerprint density at radius 1 is 1.38 bits per heavy atom. The first-order chi connectivity index (χ1) is 6.27. The average Bonchev–Trinajstić information content (AvgIpc) is 2.16. The van der Waals surface area contributed by atoms with Gasteiger partial charge in [-0.2, -0.15) is 0 Å². The number of hydrogen-bond donors (Lipinski definition) is 1. The van der Waals surface area contributed by atoms with E-state index in [0.29, 0.717) is 12.3 Å². The highest BCUT2D eigenvalue weighted by Crippen LogP contribution is 2.22. The number of rotatable bonds is 4. The van der Waals surface area contributed by atoms with Crippen LogP contribution in [0.15, 0.2) is 24.3 Å². The first kappa shape index (κ1) is 9.78. The molecule has 2 heteroatoms. The van der Waals surface area contributed by atoms with Crippen molar-refractivity contribution in [3.8, 4) is 0 Å². The third kappa shape index (κ3) is 2.58. The standard InChI is InChI=1S/C11H15NO/c1-2-9(7-8-13)10-3-5-11(12)6-4-10/h3-6,8-9H,2,7,12H2,1H3. The molecule has 13 heavy (non-hydrogen) atoms. The molecule has 1 atom stereocenters. The van der Waals surface area contributed by atoms with Gasteiger partial charge in [0.25, 0.3) is 0 Å². The molecular weight excluding hydrogens is 162 g/mol. The van der Waals surface area contributed by atoms with Gasteiger partial charge in [-0.05, 0) is 30.0 Å². The molecule has 0 amide bonds. The molecule has 0 fully saturated rings. The number of anilines is 1. The minimum atomic E-state index is 0.345. The second kappa shape index (κ2) is 4.65. The van der Waals surface area contributed by atoms with Gasteiger partial charge in [0.1, 0.15) is 6.29 Å². The first-order valence-electron chi connectivity index (χ1n) is 4.57. The number of aldehydes is 1. The van der Waals surface area contributed by atoms with Crippen molar-refractivity contribution in [2.24, 2.45) is 0 Å². The number of nitrogen functional groups attached to an aromatic ring is 1. The molecule has 1 aromatic carbocycles. The molecule has 70 valence electrons. The van der Waals surface area contributed by atoms with E-state index < -0.39 is 0 Å². The van der Waals surface area contributed by atoms with Crippen LogP contribution in [0.1, 0.15) is 31.2 Å². The van der Waals surface area contributed by atoms with Crippen LogP contribution in [0.4, 0.5) is 5.69 Å². The third-order valence-corrected chi connectivity index (χ3v) is 2.28. The van der Waals surface area contributed by atoms with Crippen molar-refractivity contribution in [2.45, 2.75) is 25.7 Å². The molecule has 1 rings (SSSR count). The lowest BCUT2D eigenvalue weighted by atomic mass is 9.94. The molecule has 1 unspecified atom stereocenters. The molecule has 0 heterocycles. The van der Waals surface area contributed by atoms with Gasteiger partial charge in [-0.15, -0.1) is 0 Å². The number of carbonyl (C=O) groups excluding carboxylic acids is 1. The summed E-state index contributed by atoms with van der Waals surface area (Å²) >= 11 is 0. The van der Waals surface area contributed by atoms with Gasteiger partial charge in [-0.1, -0.05) is 19.1 Å². The van der Waals surface area contributed by atoms with Crippen LogP contribution in [0.25, 0.3) is 0 Å². The zero-order chi connectivity index (χ0) is 9.68. The molecule has 0 aliphatic carbocycles. The van der Waals surface area contributed by atoms with Crippen LogP contribution < -0.4 is 5.73 Å². The smallest absolute Gasteiger partial charge is 0.120 e. The van der Waals surface area contributed by atoms with Crippen LogP contribution in [0.2, 0.25) is 0 Å². The van der Waals surface area contributed by atoms with Crippen molar-refractivity contribution in [1.29, 1.82) is 0 Å². The molecule has 0 saturated heterocycles. The normalized spacial score (nSPS) is 12.4. The first-order valence-corrected chi connectivity index (χ1v) is 4.57. The quantitative estimate of drug-likeness (QED) is 0.566. The highest BCUT2D eigenvalue weighted by atomic mass is 16.1. The van der Waals surface area contributed by atoms with Crippen LogP contribution in [0.5, 0.6) is 0 Å². The molecule has 0 radical (unpaired) electrons. The fraction of sp³-hybridized carbons (Fsp3) is 0.364. The van der Waals surface area contributed by atoms with E-state index in [1.54, 1.807) is 0 Å². The SMILES string of the molecule is CCC(CC=O)c1ccc(N)cc1. The third-order valence-electron chi connectivity index (χ3n) is 2.28. The minimum absolute atomic E-state index is 0.345. The number of hydrogen-bond acceptors (Lipinski definition) is 2. The van der Waals surface area contributed by atoms with E-state index in [-0.39, 0.29) is 0 Å². The van der Waals surface area contributed by atoms with Crippen LogP contribution in [0, 0.1) is 0 Å². The molecule has 2 N–H and O–H groups in total. The monoisotopic (exact) mass is 177 g/mol. The molecule has 0 bridgehead atoms. The van der Waals surface area contributed by atoms with Crippen molar-refractivity contribution < 1.29 is 4.79 Å². The van der Waals surface area contributed by atoms with Gasteiger partial charge in [-0.25, -0.2) is 0 Å². The maximum absolute atomic E-state index is 10.4. The summed E-state index contributed by atoms with van der Waals surface area (Å²) in [5.74, 6) is 0.345.